The summed E-state index contributed by atoms with van der Waals surface area (Å²) in [5, 5.41) is 11.8. The Morgan fingerprint density at radius 2 is 1.89 bits per heavy atom. The number of thiazole rings is 1. The third-order valence-corrected chi connectivity index (χ3v) is 5.78. The Bertz CT molecular complexity index is 788. The number of rotatable bonds is 7. The minimum atomic E-state index is -0.200. The van der Waals surface area contributed by atoms with Crippen molar-refractivity contribution in [3.63, 3.8) is 0 Å². The van der Waals surface area contributed by atoms with Gasteiger partial charge in [-0.1, -0.05) is 43.0 Å². The Kier molecular flexibility index (Phi) is 7.68. The van der Waals surface area contributed by atoms with Crippen LogP contribution >= 0.6 is 22.9 Å². The number of halogens is 1. The highest BCUT2D eigenvalue weighted by atomic mass is 35.5. The minimum absolute atomic E-state index is 0.0347. The molecule has 1 saturated carbocycles. The fourth-order valence-electron chi connectivity index (χ4n) is 3.18. The first-order valence-electron chi connectivity index (χ1n) is 9.61. The number of hydrogen-bond acceptors (Lipinski definition) is 4. The van der Waals surface area contributed by atoms with Crippen molar-refractivity contribution < 1.29 is 9.59 Å². The summed E-state index contributed by atoms with van der Waals surface area (Å²) in [6.45, 7) is 0.473. The zero-order chi connectivity index (χ0) is 19.8. The molecule has 6 nitrogen and oxygen atoms in total. The lowest BCUT2D eigenvalue weighted by atomic mass is 9.96. The molecule has 150 valence electrons. The van der Waals surface area contributed by atoms with Crippen LogP contribution < -0.4 is 16.0 Å². The van der Waals surface area contributed by atoms with E-state index >= 15 is 0 Å². The Morgan fingerprint density at radius 1 is 1.14 bits per heavy atom. The minimum Gasteiger partial charge on any atom is -0.352 e. The molecule has 0 aliphatic heterocycles. The van der Waals surface area contributed by atoms with Gasteiger partial charge < -0.3 is 10.6 Å². The van der Waals surface area contributed by atoms with Crippen molar-refractivity contribution in [2.45, 2.75) is 57.5 Å². The molecule has 0 spiro atoms. The predicted molar refractivity (Wildman–Crippen MR) is 113 cm³/mol. The largest absolute Gasteiger partial charge is 0.352 e. The number of anilines is 1. The van der Waals surface area contributed by atoms with Crippen LogP contribution in [-0.2, 0) is 17.8 Å². The Hall–Kier alpha value is -2.12. The smallest absolute Gasteiger partial charge is 0.321 e. The second kappa shape index (κ2) is 10.4. The fraction of sp³-hybridized carbons (Fsp3) is 0.450. The van der Waals surface area contributed by atoms with E-state index in [2.05, 4.69) is 20.9 Å². The van der Waals surface area contributed by atoms with Crippen molar-refractivity contribution in [1.82, 2.24) is 15.6 Å². The number of aryl methyl sites for hydroxylation is 1. The summed E-state index contributed by atoms with van der Waals surface area (Å²) in [5.74, 6) is -0.0347. The predicted octanol–water partition coefficient (Wildman–Crippen LogP) is 4.50. The molecule has 1 aromatic carbocycles. The summed E-state index contributed by atoms with van der Waals surface area (Å²) in [4.78, 5) is 28.5. The number of amides is 3. The van der Waals surface area contributed by atoms with Crippen LogP contribution in [0.1, 0.15) is 49.8 Å². The maximum atomic E-state index is 12.1. The second-order valence-corrected chi connectivity index (χ2v) is 8.28. The van der Waals surface area contributed by atoms with E-state index in [0.717, 1.165) is 24.1 Å². The number of aromatic nitrogens is 1. The van der Waals surface area contributed by atoms with Crippen LogP contribution in [0.4, 0.5) is 9.93 Å². The maximum absolute atomic E-state index is 12.1. The first-order chi connectivity index (χ1) is 13.6. The van der Waals surface area contributed by atoms with Gasteiger partial charge in [0.2, 0.25) is 5.91 Å². The van der Waals surface area contributed by atoms with E-state index in [1.807, 2.05) is 17.5 Å². The summed E-state index contributed by atoms with van der Waals surface area (Å²) in [5.41, 5.74) is 1.81. The number of hydrogen-bond donors (Lipinski definition) is 3. The van der Waals surface area contributed by atoms with Gasteiger partial charge in [0, 0.05) is 29.4 Å². The highest BCUT2D eigenvalue weighted by Gasteiger charge is 2.16. The second-order valence-electron chi connectivity index (χ2n) is 6.98. The number of benzene rings is 1. The standard InChI is InChI=1S/C20H25ClN4O2S/c21-15-8-6-14(7-9-15)12-22-18(26)11-10-17-13-28-20(24-17)25-19(27)23-16-4-2-1-3-5-16/h6-9,13,16H,1-5,10-12H2,(H,22,26)(H2,23,24,25,27). The molecule has 3 rings (SSSR count). The molecule has 0 saturated heterocycles. The molecular formula is C20H25ClN4O2S. The van der Waals surface area contributed by atoms with E-state index in [4.69, 9.17) is 11.6 Å². The average Bonchev–Trinajstić information content (AvgIpc) is 3.14. The molecular weight excluding hydrogens is 396 g/mol. The van der Waals surface area contributed by atoms with Crippen LogP contribution in [0.2, 0.25) is 5.02 Å². The van der Waals surface area contributed by atoms with Crippen molar-refractivity contribution in [2.24, 2.45) is 0 Å². The van der Waals surface area contributed by atoms with Crippen molar-refractivity contribution in [3.8, 4) is 0 Å². The molecule has 2 aromatic rings. The number of carbonyl (C=O) groups is 2. The van der Waals surface area contributed by atoms with E-state index in [1.165, 1.54) is 30.6 Å². The summed E-state index contributed by atoms with van der Waals surface area (Å²) < 4.78 is 0. The van der Waals surface area contributed by atoms with E-state index in [9.17, 15) is 9.59 Å². The molecule has 0 unspecified atom stereocenters. The molecule has 8 heteroatoms. The number of carbonyl (C=O) groups excluding carboxylic acids is 2. The molecule has 3 amide bonds. The van der Waals surface area contributed by atoms with E-state index in [0.29, 0.717) is 29.5 Å². The quantitative estimate of drug-likeness (QED) is 0.616. The number of nitrogens with one attached hydrogen (secondary N) is 3. The van der Waals surface area contributed by atoms with Gasteiger partial charge in [0.15, 0.2) is 5.13 Å². The normalized spacial score (nSPS) is 14.5. The summed E-state index contributed by atoms with van der Waals surface area (Å²) >= 11 is 7.23. The van der Waals surface area contributed by atoms with Crippen LogP contribution in [0.25, 0.3) is 0 Å². The fourth-order valence-corrected chi connectivity index (χ4v) is 4.04. The topological polar surface area (TPSA) is 83.1 Å². The maximum Gasteiger partial charge on any atom is 0.321 e. The lowest BCUT2D eigenvalue weighted by Crippen LogP contribution is -2.38. The van der Waals surface area contributed by atoms with Crippen molar-refractivity contribution in [1.29, 1.82) is 0 Å². The molecule has 1 heterocycles. The van der Waals surface area contributed by atoms with Crippen LogP contribution in [-0.4, -0.2) is 23.0 Å². The van der Waals surface area contributed by atoms with Gasteiger partial charge in [0.05, 0.1) is 5.69 Å². The van der Waals surface area contributed by atoms with Crippen LogP contribution in [0, 0.1) is 0 Å². The molecule has 0 atom stereocenters. The van der Waals surface area contributed by atoms with Crippen LogP contribution in [0.15, 0.2) is 29.6 Å². The molecule has 3 N–H and O–H groups in total. The molecule has 1 aliphatic rings. The van der Waals surface area contributed by atoms with Crippen LogP contribution in [0.3, 0.4) is 0 Å². The van der Waals surface area contributed by atoms with E-state index in [-0.39, 0.29) is 18.0 Å². The van der Waals surface area contributed by atoms with Gasteiger partial charge in [-0.2, -0.15) is 0 Å². The van der Waals surface area contributed by atoms with Gasteiger partial charge in [0.25, 0.3) is 0 Å². The zero-order valence-corrected chi connectivity index (χ0v) is 17.2. The van der Waals surface area contributed by atoms with Gasteiger partial charge in [-0.05, 0) is 37.0 Å². The zero-order valence-electron chi connectivity index (χ0n) is 15.7. The van der Waals surface area contributed by atoms with Crippen molar-refractivity contribution >= 4 is 40.0 Å². The highest BCUT2D eigenvalue weighted by Crippen LogP contribution is 2.19. The average molecular weight is 421 g/mol. The highest BCUT2D eigenvalue weighted by molar-refractivity contribution is 7.13. The number of urea groups is 1. The third kappa shape index (κ3) is 6.80. The molecule has 1 aromatic heterocycles. The van der Waals surface area contributed by atoms with Gasteiger partial charge in [-0.25, -0.2) is 9.78 Å². The molecule has 1 aliphatic carbocycles. The van der Waals surface area contributed by atoms with Gasteiger partial charge in [-0.3, -0.25) is 10.1 Å². The summed E-state index contributed by atoms with van der Waals surface area (Å²) in [7, 11) is 0. The van der Waals surface area contributed by atoms with Gasteiger partial charge in [0.1, 0.15) is 0 Å². The lowest BCUT2D eigenvalue weighted by Gasteiger charge is -2.22. The molecule has 0 radical (unpaired) electrons. The third-order valence-electron chi connectivity index (χ3n) is 4.72. The van der Waals surface area contributed by atoms with Crippen LogP contribution in [0.5, 0.6) is 0 Å². The lowest BCUT2D eigenvalue weighted by molar-refractivity contribution is -0.121. The first-order valence-corrected chi connectivity index (χ1v) is 10.9. The SMILES string of the molecule is O=C(CCc1csc(NC(=O)NC2CCCCC2)n1)NCc1ccc(Cl)cc1. The molecule has 1 fully saturated rings. The van der Waals surface area contributed by atoms with Gasteiger partial charge >= 0.3 is 6.03 Å². The first kappa shape index (κ1) is 20.6. The van der Waals surface area contributed by atoms with E-state index < -0.39 is 0 Å². The Labute approximate surface area is 174 Å². The van der Waals surface area contributed by atoms with E-state index in [1.54, 1.807) is 12.1 Å². The summed E-state index contributed by atoms with van der Waals surface area (Å²) in [6.07, 6.45) is 6.57. The molecule has 28 heavy (non-hydrogen) atoms. The van der Waals surface area contributed by atoms with Crippen molar-refractivity contribution in [2.75, 3.05) is 5.32 Å². The summed E-state index contributed by atoms with van der Waals surface area (Å²) in [6, 6.07) is 7.44. The van der Waals surface area contributed by atoms with Gasteiger partial charge in [-0.15, -0.1) is 11.3 Å². The van der Waals surface area contributed by atoms with Crippen molar-refractivity contribution in [3.05, 3.63) is 45.9 Å². The monoisotopic (exact) mass is 420 g/mol. The number of nitrogens with zero attached hydrogens (tertiary/aromatic N) is 1. The molecule has 0 bridgehead atoms. The Balaban J connectivity index is 1.37. The Morgan fingerprint density at radius 3 is 2.64 bits per heavy atom.